The molecular formula is C23H44N2O2. The van der Waals surface area contributed by atoms with Gasteiger partial charge in [-0.05, 0) is 25.7 Å². The average molecular weight is 381 g/mol. The van der Waals surface area contributed by atoms with E-state index in [2.05, 4.69) is 17.6 Å². The first-order valence-corrected chi connectivity index (χ1v) is 11.8. The molecule has 3 aliphatic carbocycles. The Bertz CT molecular complexity index is 405. The van der Waals surface area contributed by atoms with E-state index in [1.807, 2.05) is 0 Å². The summed E-state index contributed by atoms with van der Waals surface area (Å²) in [6, 6.07) is -0.0177. The molecule has 0 spiro atoms. The molecular weight excluding hydrogens is 336 g/mol. The Hall–Kier alpha value is -0.770. The quantitative estimate of drug-likeness (QED) is 0.284. The van der Waals surface area contributed by atoms with Crippen LogP contribution in [0.1, 0.15) is 116 Å². The molecule has 0 aliphatic heterocycles. The maximum absolute atomic E-state index is 11.9. The van der Waals surface area contributed by atoms with Crippen LogP contribution >= 0.6 is 0 Å². The molecule has 3 fully saturated rings. The predicted octanol–water partition coefficient (Wildman–Crippen LogP) is 5.68. The van der Waals surface area contributed by atoms with E-state index in [4.69, 9.17) is 0 Å². The van der Waals surface area contributed by atoms with E-state index in [0.717, 1.165) is 32.2 Å². The third kappa shape index (κ3) is 7.63. The molecule has 0 atom stereocenters. The molecule has 3 aliphatic rings. The summed E-state index contributed by atoms with van der Waals surface area (Å²) < 4.78 is 0. The Balaban J connectivity index is 1.27. The average Bonchev–Trinajstić information content (AvgIpc) is 2.60. The molecule has 0 saturated heterocycles. The SMILES string of the molecule is CCCCCCCCCCCCCCCCNC(=O)NC12CC(CO)(C1)C2. The van der Waals surface area contributed by atoms with E-state index in [1.165, 1.54) is 83.5 Å². The normalized spacial score (nSPS) is 25.6. The molecule has 4 nitrogen and oxygen atoms in total. The van der Waals surface area contributed by atoms with Gasteiger partial charge in [-0.25, -0.2) is 4.79 Å². The summed E-state index contributed by atoms with van der Waals surface area (Å²) in [5.74, 6) is 0. The zero-order chi connectivity index (χ0) is 19.4. The van der Waals surface area contributed by atoms with Gasteiger partial charge in [-0.15, -0.1) is 0 Å². The van der Waals surface area contributed by atoms with Crippen LogP contribution in [0.3, 0.4) is 0 Å². The summed E-state index contributed by atoms with van der Waals surface area (Å²) in [6.45, 7) is 3.33. The van der Waals surface area contributed by atoms with Crippen molar-refractivity contribution in [2.75, 3.05) is 13.2 Å². The third-order valence-electron chi connectivity index (χ3n) is 6.67. The van der Waals surface area contributed by atoms with Gasteiger partial charge in [0.15, 0.2) is 0 Å². The first-order valence-electron chi connectivity index (χ1n) is 11.8. The number of hydrogen-bond acceptors (Lipinski definition) is 2. The highest BCUT2D eigenvalue weighted by atomic mass is 16.3. The highest BCUT2D eigenvalue weighted by Gasteiger charge is 2.68. The zero-order valence-corrected chi connectivity index (χ0v) is 17.8. The number of aliphatic hydroxyl groups is 1. The first-order chi connectivity index (χ1) is 13.1. The van der Waals surface area contributed by atoms with Crippen LogP contribution < -0.4 is 10.6 Å². The molecule has 0 aromatic heterocycles. The van der Waals surface area contributed by atoms with Crippen LogP contribution in [0.25, 0.3) is 0 Å². The summed E-state index contributed by atoms with van der Waals surface area (Å²) >= 11 is 0. The smallest absolute Gasteiger partial charge is 0.315 e. The van der Waals surface area contributed by atoms with Gasteiger partial charge in [0.25, 0.3) is 0 Å². The summed E-state index contributed by atoms with van der Waals surface area (Å²) in [7, 11) is 0. The van der Waals surface area contributed by atoms with Crippen molar-refractivity contribution in [3.05, 3.63) is 0 Å². The van der Waals surface area contributed by atoms with Crippen LogP contribution in [0, 0.1) is 5.41 Å². The van der Waals surface area contributed by atoms with Crippen LogP contribution in [0.15, 0.2) is 0 Å². The molecule has 2 amide bonds. The fourth-order valence-corrected chi connectivity index (χ4v) is 5.10. The number of hydrogen-bond donors (Lipinski definition) is 3. The van der Waals surface area contributed by atoms with E-state index in [9.17, 15) is 9.90 Å². The molecule has 2 bridgehead atoms. The van der Waals surface area contributed by atoms with Gasteiger partial charge in [-0.3, -0.25) is 0 Å². The number of aliphatic hydroxyl groups excluding tert-OH is 1. The highest BCUT2D eigenvalue weighted by Crippen LogP contribution is 2.66. The number of carbonyl (C=O) groups is 1. The highest BCUT2D eigenvalue weighted by molar-refractivity contribution is 5.75. The van der Waals surface area contributed by atoms with Gasteiger partial charge >= 0.3 is 6.03 Å². The minimum atomic E-state index is -0.0177. The third-order valence-corrected chi connectivity index (χ3v) is 6.67. The molecule has 0 aromatic carbocycles. The van der Waals surface area contributed by atoms with Crippen LogP contribution in [0.4, 0.5) is 4.79 Å². The standard InChI is InChI=1S/C23H44N2O2/c1-2-3-4-5-6-7-8-9-10-11-12-13-14-15-16-24-21(27)25-23-17-22(18-23,19-23)20-26/h26H,2-20H2,1H3,(H2,24,25,27). The maximum Gasteiger partial charge on any atom is 0.315 e. The summed E-state index contributed by atoms with van der Waals surface area (Å²) in [6.07, 6.45) is 21.9. The van der Waals surface area contributed by atoms with Gasteiger partial charge in [0, 0.05) is 24.1 Å². The maximum atomic E-state index is 11.9. The van der Waals surface area contributed by atoms with Crippen molar-refractivity contribution in [1.29, 1.82) is 0 Å². The van der Waals surface area contributed by atoms with E-state index >= 15 is 0 Å². The topological polar surface area (TPSA) is 61.4 Å². The lowest BCUT2D eigenvalue weighted by molar-refractivity contribution is -0.171. The minimum absolute atomic E-state index is 0.0162. The Morgan fingerprint density at radius 3 is 1.67 bits per heavy atom. The van der Waals surface area contributed by atoms with Crippen LogP contribution in [0.5, 0.6) is 0 Å². The second-order valence-electron chi connectivity index (χ2n) is 9.45. The Labute approximate surface area is 167 Å². The number of amides is 2. The van der Waals surface area contributed by atoms with E-state index in [-0.39, 0.29) is 23.6 Å². The number of unbranched alkanes of at least 4 members (excludes halogenated alkanes) is 13. The van der Waals surface area contributed by atoms with E-state index < -0.39 is 0 Å². The monoisotopic (exact) mass is 380 g/mol. The van der Waals surface area contributed by atoms with E-state index in [0.29, 0.717) is 0 Å². The number of urea groups is 1. The molecule has 27 heavy (non-hydrogen) atoms. The van der Waals surface area contributed by atoms with E-state index in [1.54, 1.807) is 0 Å². The molecule has 158 valence electrons. The van der Waals surface area contributed by atoms with Crippen molar-refractivity contribution in [3.63, 3.8) is 0 Å². The summed E-state index contributed by atoms with van der Waals surface area (Å²) in [4.78, 5) is 11.9. The molecule has 0 aromatic rings. The molecule has 0 unspecified atom stereocenters. The van der Waals surface area contributed by atoms with Crippen LogP contribution in [-0.4, -0.2) is 29.8 Å². The fraction of sp³-hybridized carbons (Fsp3) is 0.957. The van der Waals surface area contributed by atoms with Crippen molar-refractivity contribution in [1.82, 2.24) is 10.6 Å². The lowest BCUT2D eigenvalue weighted by Crippen LogP contribution is -2.76. The lowest BCUT2D eigenvalue weighted by Gasteiger charge is -2.70. The fourth-order valence-electron chi connectivity index (χ4n) is 5.10. The first kappa shape index (κ1) is 22.5. The summed E-state index contributed by atoms with van der Waals surface area (Å²) in [5, 5.41) is 15.4. The van der Waals surface area contributed by atoms with Crippen molar-refractivity contribution in [2.24, 2.45) is 5.41 Å². The van der Waals surface area contributed by atoms with Gasteiger partial charge in [0.2, 0.25) is 0 Å². The second-order valence-corrected chi connectivity index (χ2v) is 9.45. The van der Waals surface area contributed by atoms with Crippen molar-refractivity contribution in [3.8, 4) is 0 Å². The van der Waals surface area contributed by atoms with Crippen LogP contribution in [0.2, 0.25) is 0 Å². The molecule has 3 rings (SSSR count). The van der Waals surface area contributed by atoms with Crippen molar-refractivity contribution in [2.45, 2.75) is 122 Å². The van der Waals surface area contributed by atoms with Gasteiger partial charge in [0.1, 0.15) is 0 Å². The van der Waals surface area contributed by atoms with Crippen molar-refractivity contribution >= 4 is 6.03 Å². The Morgan fingerprint density at radius 1 is 0.778 bits per heavy atom. The number of nitrogens with one attached hydrogen (secondary N) is 2. The molecule has 0 radical (unpaired) electrons. The predicted molar refractivity (Wildman–Crippen MR) is 113 cm³/mol. The summed E-state index contributed by atoms with van der Waals surface area (Å²) in [5.41, 5.74) is 0.171. The van der Waals surface area contributed by atoms with Gasteiger partial charge in [0.05, 0.1) is 0 Å². The zero-order valence-electron chi connectivity index (χ0n) is 17.8. The number of carbonyl (C=O) groups excluding carboxylic acids is 1. The molecule has 4 heteroatoms. The molecule has 0 heterocycles. The van der Waals surface area contributed by atoms with Gasteiger partial charge < -0.3 is 15.7 Å². The Morgan fingerprint density at radius 2 is 1.22 bits per heavy atom. The van der Waals surface area contributed by atoms with Gasteiger partial charge in [-0.1, -0.05) is 90.4 Å². The molecule has 3 N–H and O–H groups in total. The largest absolute Gasteiger partial charge is 0.396 e. The molecule has 3 saturated carbocycles. The van der Waals surface area contributed by atoms with Gasteiger partial charge in [-0.2, -0.15) is 0 Å². The van der Waals surface area contributed by atoms with Crippen molar-refractivity contribution < 1.29 is 9.90 Å². The number of rotatable bonds is 17. The second kappa shape index (κ2) is 11.9. The minimum Gasteiger partial charge on any atom is -0.396 e. The Kier molecular flexibility index (Phi) is 9.95. The van der Waals surface area contributed by atoms with Crippen LogP contribution in [-0.2, 0) is 0 Å². The lowest BCUT2D eigenvalue weighted by atomic mass is 9.40.